The minimum absolute atomic E-state index is 0.222. The third-order valence-electron chi connectivity index (χ3n) is 3.47. The van der Waals surface area contributed by atoms with Gasteiger partial charge in [-0.3, -0.25) is 9.67 Å². The molecule has 21 heavy (non-hydrogen) atoms. The van der Waals surface area contributed by atoms with Crippen molar-refractivity contribution in [2.45, 2.75) is 0 Å². The monoisotopic (exact) mass is 278 g/mol. The number of aromatic amines is 1. The Balaban J connectivity index is 1.97. The lowest BCUT2D eigenvalue weighted by molar-refractivity contribution is 0.0697. The van der Waals surface area contributed by atoms with E-state index in [0.717, 1.165) is 22.2 Å². The molecule has 2 aromatic heterocycles. The number of hydrogen-bond acceptors (Lipinski definition) is 3. The summed E-state index contributed by atoms with van der Waals surface area (Å²) >= 11 is 0. The van der Waals surface area contributed by atoms with Gasteiger partial charge in [-0.15, -0.1) is 0 Å². The van der Waals surface area contributed by atoms with E-state index in [4.69, 9.17) is 5.11 Å². The van der Waals surface area contributed by atoms with E-state index >= 15 is 0 Å². The van der Waals surface area contributed by atoms with Crippen molar-refractivity contribution in [2.75, 3.05) is 0 Å². The van der Waals surface area contributed by atoms with Crippen LogP contribution in [0, 0.1) is 0 Å². The maximum Gasteiger partial charge on any atom is 0.335 e. The van der Waals surface area contributed by atoms with Crippen molar-refractivity contribution in [3.8, 4) is 5.82 Å². The second kappa shape index (κ2) is 4.17. The van der Waals surface area contributed by atoms with Crippen molar-refractivity contribution in [1.29, 1.82) is 0 Å². The third-order valence-corrected chi connectivity index (χ3v) is 3.47. The summed E-state index contributed by atoms with van der Waals surface area (Å²) in [6, 6.07) is 12.7. The molecule has 2 heterocycles. The van der Waals surface area contributed by atoms with Gasteiger partial charge in [-0.05, 0) is 30.3 Å². The fourth-order valence-electron chi connectivity index (χ4n) is 2.45. The SMILES string of the molecule is O=C(O)c1ccc2c(c1)ncn2-c1n[nH]c2ccccc12. The van der Waals surface area contributed by atoms with Gasteiger partial charge in [-0.2, -0.15) is 5.10 Å². The number of aromatic carboxylic acids is 1. The average Bonchev–Trinajstić information content (AvgIpc) is 3.09. The van der Waals surface area contributed by atoms with Crippen LogP contribution in [0.15, 0.2) is 48.8 Å². The van der Waals surface area contributed by atoms with Crippen molar-refractivity contribution in [3.63, 3.8) is 0 Å². The first-order valence-corrected chi connectivity index (χ1v) is 6.38. The molecule has 0 bridgehead atoms. The summed E-state index contributed by atoms with van der Waals surface area (Å²) in [7, 11) is 0. The molecule has 0 unspecified atom stereocenters. The van der Waals surface area contributed by atoms with Crippen LogP contribution in [-0.4, -0.2) is 30.8 Å². The number of carbonyl (C=O) groups is 1. The Morgan fingerprint density at radius 3 is 2.90 bits per heavy atom. The molecule has 0 amide bonds. The van der Waals surface area contributed by atoms with Gasteiger partial charge in [0, 0.05) is 5.39 Å². The van der Waals surface area contributed by atoms with E-state index in [1.807, 2.05) is 28.8 Å². The topological polar surface area (TPSA) is 83.8 Å². The number of nitrogens with one attached hydrogen (secondary N) is 1. The van der Waals surface area contributed by atoms with Crippen molar-refractivity contribution in [1.82, 2.24) is 19.7 Å². The Kier molecular flexibility index (Phi) is 2.32. The molecule has 0 saturated heterocycles. The standard InChI is InChI=1S/C15H10N4O2/c20-15(21)9-5-6-13-12(7-9)16-8-19(13)14-10-3-1-2-4-11(10)17-18-14/h1-8H,(H,17,18)(H,20,21). The molecule has 0 spiro atoms. The Hall–Kier alpha value is -3.15. The van der Waals surface area contributed by atoms with Crippen LogP contribution in [0.1, 0.15) is 10.4 Å². The number of imidazole rings is 1. The normalized spacial score (nSPS) is 11.2. The van der Waals surface area contributed by atoms with Crippen molar-refractivity contribution < 1.29 is 9.90 Å². The maximum absolute atomic E-state index is 11.0. The highest BCUT2D eigenvalue weighted by atomic mass is 16.4. The number of carboxylic acid groups (broad SMARTS) is 1. The predicted octanol–water partition coefficient (Wildman–Crippen LogP) is 2.60. The van der Waals surface area contributed by atoms with Gasteiger partial charge >= 0.3 is 5.97 Å². The summed E-state index contributed by atoms with van der Waals surface area (Å²) in [5.74, 6) is -0.215. The number of rotatable bonds is 2. The fourth-order valence-corrected chi connectivity index (χ4v) is 2.45. The van der Waals surface area contributed by atoms with Crippen LogP contribution in [0.4, 0.5) is 0 Å². The van der Waals surface area contributed by atoms with Crippen LogP contribution < -0.4 is 0 Å². The lowest BCUT2D eigenvalue weighted by Gasteiger charge is -2.01. The number of hydrogen-bond donors (Lipinski definition) is 2. The number of carboxylic acids is 1. The van der Waals surface area contributed by atoms with Gasteiger partial charge in [0.05, 0.1) is 22.1 Å². The fraction of sp³-hybridized carbons (Fsp3) is 0. The lowest BCUT2D eigenvalue weighted by atomic mass is 10.2. The molecular formula is C15H10N4O2. The van der Waals surface area contributed by atoms with Crippen LogP contribution in [0.25, 0.3) is 27.8 Å². The molecule has 6 heteroatoms. The first-order chi connectivity index (χ1) is 10.2. The van der Waals surface area contributed by atoms with Gasteiger partial charge in [-0.25, -0.2) is 9.78 Å². The summed E-state index contributed by atoms with van der Waals surface area (Å²) in [5.41, 5.74) is 2.61. The Morgan fingerprint density at radius 2 is 2.05 bits per heavy atom. The first kappa shape index (κ1) is 11.7. The minimum Gasteiger partial charge on any atom is -0.478 e. The average molecular weight is 278 g/mol. The molecule has 6 nitrogen and oxygen atoms in total. The van der Waals surface area contributed by atoms with Crippen LogP contribution in [0.2, 0.25) is 0 Å². The highest BCUT2D eigenvalue weighted by molar-refractivity contribution is 5.93. The quantitative estimate of drug-likeness (QED) is 0.590. The molecule has 102 valence electrons. The summed E-state index contributed by atoms with van der Waals surface area (Å²) in [6.07, 6.45) is 1.65. The number of fused-ring (bicyclic) bond motifs is 2. The summed E-state index contributed by atoms with van der Waals surface area (Å²) in [6.45, 7) is 0. The van der Waals surface area contributed by atoms with Gasteiger partial charge in [0.1, 0.15) is 6.33 Å². The number of nitrogens with zero attached hydrogens (tertiary/aromatic N) is 3. The van der Waals surface area contributed by atoms with Gasteiger partial charge < -0.3 is 5.11 Å². The van der Waals surface area contributed by atoms with E-state index in [2.05, 4.69) is 15.2 Å². The van der Waals surface area contributed by atoms with E-state index in [1.54, 1.807) is 24.5 Å². The molecule has 2 N–H and O–H groups in total. The number of H-pyrrole nitrogens is 1. The predicted molar refractivity (Wildman–Crippen MR) is 77.7 cm³/mol. The van der Waals surface area contributed by atoms with E-state index in [9.17, 15) is 4.79 Å². The molecule has 2 aromatic carbocycles. The molecular weight excluding hydrogens is 268 g/mol. The maximum atomic E-state index is 11.0. The van der Waals surface area contributed by atoms with Crippen molar-refractivity contribution >= 4 is 27.9 Å². The zero-order valence-electron chi connectivity index (χ0n) is 10.8. The molecule has 0 atom stereocenters. The highest BCUT2D eigenvalue weighted by Crippen LogP contribution is 2.23. The van der Waals surface area contributed by atoms with Gasteiger partial charge in [-0.1, -0.05) is 12.1 Å². The lowest BCUT2D eigenvalue weighted by Crippen LogP contribution is -1.96. The van der Waals surface area contributed by atoms with Gasteiger partial charge in [0.2, 0.25) is 0 Å². The van der Waals surface area contributed by atoms with E-state index in [-0.39, 0.29) is 5.56 Å². The number of aromatic nitrogens is 4. The molecule has 4 rings (SSSR count). The number of benzene rings is 2. The molecule has 0 saturated carbocycles. The zero-order chi connectivity index (χ0) is 14.4. The third kappa shape index (κ3) is 1.69. The second-order valence-corrected chi connectivity index (χ2v) is 4.72. The zero-order valence-corrected chi connectivity index (χ0v) is 10.8. The summed E-state index contributed by atoms with van der Waals surface area (Å²) in [5, 5.41) is 17.3. The summed E-state index contributed by atoms with van der Waals surface area (Å²) < 4.78 is 1.85. The van der Waals surface area contributed by atoms with Crippen LogP contribution in [0.5, 0.6) is 0 Å². The Bertz CT molecular complexity index is 984. The smallest absolute Gasteiger partial charge is 0.335 e. The molecule has 0 fully saturated rings. The largest absolute Gasteiger partial charge is 0.478 e. The first-order valence-electron chi connectivity index (χ1n) is 6.38. The highest BCUT2D eigenvalue weighted by Gasteiger charge is 2.12. The Morgan fingerprint density at radius 1 is 1.19 bits per heavy atom. The molecule has 0 aliphatic carbocycles. The van der Waals surface area contributed by atoms with Crippen LogP contribution in [-0.2, 0) is 0 Å². The van der Waals surface area contributed by atoms with E-state index < -0.39 is 5.97 Å². The van der Waals surface area contributed by atoms with Crippen molar-refractivity contribution in [3.05, 3.63) is 54.4 Å². The van der Waals surface area contributed by atoms with E-state index in [1.165, 1.54) is 0 Å². The van der Waals surface area contributed by atoms with E-state index in [0.29, 0.717) is 5.52 Å². The minimum atomic E-state index is -0.961. The van der Waals surface area contributed by atoms with Crippen molar-refractivity contribution in [2.24, 2.45) is 0 Å². The van der Waals surface area contributed by atoms with Crippen LogP contribution in [0.3, 0.4) is 0 Å². The number of para-hydroxylation sites is 1. The second-order valence-electron chi connectivity index (χ2n) is 4.72. The Labute approximate surface area is 118 Å². The molecule has 0 aliphatic heterocycles. The summed E-state index contributed by atoms with van der Waals surface area (Å²) in [4.78, 5) is 15.3. The van der Waals surface area contributed by atoms with Gasteiger partial charge in [0.25, 0.3) is 0 Å². The van der Waals surface area contributed by atoms with Gasteiger partial charge in [0.15, 0.2) is 5.82 Å². The molecule has 4 aromatic rings. The molecule has 0 aliphatic rings. The van der Waals surface area contributed by atoms with Crippen LogP contribution >= 0.6 is 0 Å². The molecule has 0 radical (unpaired) electrons.